The minimum Gasteiger partial charge on any atom is -0.469 e. The van der Waals surface area contributed by atoms with Gasteiger partial charge in [-0.2, -0.15) is 0 Å². The maximum Gasteiger partial charge on any atom is 0.305 e. The zero-order valence-corrected chi connectivity index (χ0v) is 21.3. The number of allylic oxidation sites excluding steroid dienone is 1. The minimum absolute atomic E-state index is 0.0116. The molecular weight excluding hydrogens is 464 g/mol. The molecule has 0 aliphatic heterocycles. The molecule has 0 aromatic carbocycles. The number of aliphatic hydroxyl groups is 1. The summed E-state index contributed by atoms with van der Waals surface area (Å²) in [6, 6.07) is 0. The molecule has 0 radical (unpaired) electrons. The Morgan fingerprint density at radius 1 is 1.06 bits per heavy atom. The van der Waals surface area contributed by atoms with Gasteiger partial charge < -0.3 is 19.3 Å². The van der Waals surface area contributed by atoms with Crippen LogP contribution in [0.2, 0.25) is 0 Å². The zero-order valence-electron chi connectivity index (χ0n) is 20.6. The van der Waals surface area contributed by atoms with Crippen LogP contribution >= 0.6 is 11.6 Å². The van der Waals surface area contributed by atoms with E-state index in [1.54, 1.807) is 0 Å². The third kappa shape index (κ3) is 9.97. The van der Waals surface area contributed by atoms with Gasteiger partial charge in [-0.15, -0.1) is 0 Å². The van der Waals surface area contributed by atoms with Gasteiger partial charge in [0, 0.05) is 25.8 Å². The first-order chi connectivity index (χ1) is 16.0. The first-order valence-corrected chi connectivity index (χ1v) is 12.2. The van der Waals surface area contributed by atoms with Crippen molar-refractivity contribution in [3.8, 4) is 0 Å². The van der Waals surface area contributed by atoms with Gasteiger partial charge in [0.2, 0.25) is 5.78 Å². The van der Waals surface area contributed by atoms with Crippen molar-refractivity contribution in [1.29, 1.82) is 0 Å². The summed E-state index contributed by atoms with van der Waals surface area (Å²) in [5.41, 5.74) is -1.62. The van der Waals surface area contributed by atoms with Crippen LogP contribution in [0.25, 0.3) is 0 Å². The number of ether oxygens (including phenoxy) is 3. The first kappa shape index (κ1) is 29.8. The molecule has 1 N–H and O–H groups in total. The van der Waals surface area contributed by atoms with Crippen molar-refractivity contribution in [2.75, 3.05) is 7.11 Å². The van der Waals surface area contributed by atoms with Crippen molar-refractivity contribution in [2.24, 2.45) is 0 Å². The van der Waals surface area contributed by atoms with Gasteiger partial charge in [-0.1, -0.05) is 50.6 Å². The van der Waals surface area contributed by atoms with Crippen LogP contribution in [0.5, 0.6) is 0 Å². The van der Waals surface area contributed by atoms with Crippen LogP contribution in [0.3, 0.4) is 0 Å². The number of carbonyl (C=O) groups is 4. The monoisotopic (exact) mass is 500 g/mol. The topological polar surface area (TPSA) is 116 Å². The lowest BCUT2D eigenvalue weighted by Gasteiger charge is -2.27. The second kappa shape index (κ2) is 14.9. The molecule has 192 valence electrons. The summed E-state index contributed by atoms with van der Waals surface area (Å²) in [5, 5.41) is 11.1. The Morgan fingerprint density at radius 3 is 2.26 bits per heavy atom. The number of ketones is 1. The van der Waals surface area contributed by atoms with Crippen molar-refractivity contribution in [3.63, 3.8) is 0 Å². The fraction of sp³-hybridized carbons (Fsp3) is 0.680. The molecule has 0 fully saturated rings. The summed E-state index contributed by atoms with van der Waals surface area (Å²) < 4.78 is 15.3. The van der Waals surface area contributed by atoms with Crippen molar-refractivity contribution >= 4 is 35.3 Å². The highest BCUT2D eigenvalue weighted by Gasteiger charge is 2.42. The number of esters is 3. The Hall–Kier alpha value is -2.19. The average molecular weight is 501 g/mol. The molecule has 0 heterocycles. The molecule has 9 heteroatoms. The van der Waals surface area contributed by atoms with Gasteiger partial charge in [0.25, 0.3) is 0 Å². The van der Waals surface area contributed by atoms with Crippen LogP contribution in [0.15, 0.2) is 22.8 Å². The second-order valence-corrected chi connectivity index (χ2v) is 8.94. The molecule has 3 atom stereocenters. The third-order valence-corrected chi connectivity index (χ3v) is 5.90. The highest BCUT2D eigenvalue weighted by Crippen LogP contribution is 2.37. The van der Waals surface area contributed by atoms with Crippen LogP contribution in [-0.4, -0.2) is 53.7 Å². The quantitative estimate of drug-likeness (QED) is 0.153. The van der Waals surface area contributed by atoms with E-state index >= 15 is 0 Å². The van der Waals surface area contributed by atoms with Crippen molar-refractivity contribution < 1.29 is 38.5 Å². The molecule has 0 saturated heterocycles. The molecule has 1 aliphatic carbocycles. The lowest BCUT2D eigenvalue weighted by atomic mass is 9.88. The summed E-state index contributed by atoms with van der Waals surface area (Å²) in [6.45, 7) is 4.53. The Morgan fingerprint density at radius 2 is 1.68 bits per heavy atom. The molecule has 0 aromatic heterocycles. The number of Topliss-reactive ketones (excluding diaryl/α,β-unsaturated/α-hetero) is 1. The second-order valence-electron chi connectivity index (χ2n) is 8.53. The summed E-state index contributed by atoms with van der Waals surface area (Å²) >= 11 is 6.08. The van der Waals surface area contributed by atoms with E-state index in [1.807, 2.05) is 0 Å². The van der Waals surface area contributed by atoms with E-state index < -0.39 is 41.5 Å². The number of halogens is 1. The van der Waals surface area contributed by atoms with Crippen LogP contribution in [0.4, 0.5) is 0 Å². The summed E-state index contributed by atoms with van der Waals surface area (Å²) in [6.07, 6.45) is 7.32. The maximum atomic E-state index is 12.8. The van der Waals surface area contributed by atoms with Crippen molar-refractivity contribution in [2.45, 2.75) is 103 Å². The van der Waals surface area contributed by atoms with E-state index in [-0.39, 0.29) is 29.9 Å². The van der Waals surface area contributed by atoms with E-state index in [9.17, 15) is 24.3 Å². The molecule has 8 nitrogen and oxygen atoms in total. The Kier molecular flexibility index (Phi) is 13.1. The number of methoxy groups -OCH3 is 1. The van der Waals surface area contributed by atoms with Gasteiger partial charge >= 0.3 is 17.9 Å². The fourth-order valence-electron chi connectivity index (χ4n) is 3.91. The predicted molar refractivity (Wildman–Crippen MR) is 127 cm³/mol. The van der Waals surface area contributed by atoms with Gasteiger partial charge in [0.1, 0.15) is 11.7 Å². The lowest BCUT2D eigenvalue weighted by molar-refractivity contribution is -0.162. The van der Waals surface area contributed by atoms with Crippen molar-refractivity contribution in [1.82, 2.24) is 0 Å². The number of hydrogen-bond donors (Lipinski definition) is 1. The van der Waals surface area contributed by atoms with E-state index in [1.165, 1.54) is 33.1 Å². The Labute approximate surface area is 206 Å². The Bertz CT molecular complexity index is 788. The SMILES string of the molecule is CCCCCCCC[C@]1(O)C=C(Cl)C(=O)C1=C[C@@H](OC(C)=O)[C@H](CCCC(=O)OC)OC(C)=O. The number of hydrogen-bond acceptors (Lipinski definition) is 8. The lowest BCUT2D eigenvalue weighted by Crippen LogP contribution is -2.36. The largest absolute Gasteiger partial charge is 0.469 e. The summed E-state index contributed by atoms with van der Waals surface area (Å²) in [7, 11) is 1.27. The van der Waals surface area contributed by atoms with Gasteiger partial charge in [-0.05, 0) is 37.8 Å². The normalized spacial score (nSPS) is 20.6. The molecule has 1 rings (SSSR count). The average Bonchev–Trinajstić information content (AvgIpc) is 2.97. The number of unbranched alkanes of at least 4 members (excludes halogenated alkanes) is 5. The molecule has 1 aliphatic rings. The molecular formula is C25H37ClO8. The van der Waals surface area contributed by atoms with E-state index in [0.29, 0.717) is 12.8 Å². The van der Waals surface area contributed by atoms with Gasteiger partial charge in [-0.3, -0.25) is 19.2 Å². The number of carbonyl (C=O) groups excluding carboxylic acids is 4. The molecule has 0 unspecified atom stereocenters. The standard InChI is InChI=1S/C25H37ClO8/c1-5-6-7-8-9-10-14-25(31)16-20(26)24(30)19(25)15-22(34-18(3)28)21(33-17(2)27)12-11-13-23(29)32-4/h15-16,21-22,31H,5-14H2,1-4H3/t21-,22+,25-/m0/s1. The first-order valence-electron chi connectivity index (χ1n) is 11.8. The van der Waals surface area contributed by atoms with Gasteiger partial charge in [0.15, 0.2) is 6.10 Å². The van der Waals surface area contributed by atoms with Crippen LogP contribution in [-0.2, 0) is 33.4 Å². The molecule has 0 aromatic rings. The van der Waals surface area contributed by atoms with Gasteiger partial charge in [-0.25, -0.2) is 0 Å². The third-order valence-electron chi connectivity index (χ3n) is 5.62. The molecule has 0 amide bonds. The number of rotatable bonds is 15. The van der Waals surface area contributed by atoms with Crippen LogP contribution in [0.1, 0.15) is 85.0 Å². The van der Waals surface area contributed by atoms with Crippen LogP contribution in [0, 0.1) is 0 Å². The van der Waals surface area contributed by atoms with Gasteiger partial charge in [0.05, 0.1) is 12.1 Å². The maximum absolute atomic E-state index is 12.8. The zero-order chi connectivity index (χ0) is 25.7. The Balaban J connectivity index is 3.12. The molecule has 34 heavy (non-hydrogen) atoms. The van der Waals surface area contributed by atoms with E-state index in [0.717, 1.165) is 32.1 Å². The smallest absolute Gasteiger partial charge is 0.305 e. The molecule has 0 spiro atoms. The molecule has 0 bridgehead atoms. The van der Waals surface area contributed by atoms with E-state index in [2.05, 4.69) is 11.7 Å². The molecule has 0 saturated carbocycles. The fourth-order valence-corrected chi connectivity index (χ4v) is 4.19. The highest BCUT2D eigenvalue weighted by molar-refractivity contribution is 6.46. The van der Waals surface area contributed by atoms with Crippen molar-refractivity contribution in [3.05, 3.63) is 22.8 Å². The predicted octanol–water partition coefficient (Wildman–Crippen LogP) is 4.31. The minimum atomic E-state index is -1.61. The van der Waals surface area contributed by atoms with E-state index in [4.69, 9.17) is 21.1 Å². The summed E-state index contributed by atoms with van der Waals surface area (Å²) in [5.74, 6) is -2.27. The van der Waals surface area contributed by atoms with Crippen LogP contribution < -0.4 is 0 Å². The highest BCUT2D eigenvalue weighted by atomic mass is 35.5. The summed E-state index contributed by atoms with van der Waals surface area (Å²) in [4.78, 5) is 47.7.